The number of thioether (sulfide) groups is 1. The van der Waals surface area contributed by atoms with E-state index in [0.29, 0.717) is 5.76 Å². The molecule has 0 bridgehead atoms. The molecule has 0 N–H and O–H groups in total. The maximum Gasteiger partial charge on any atom is 0.179 e. The Hall–Kier alpha value is -0.400. The molecule has 0 aromatic rings. The molecule has 0 atom stereocenters. The van der Waals surface area contributed by atoms with Gasteiger partial charge in [-0.2, -0.15) is 0 Å². The highest BCUT2D eigenvalue weighted by Gasteiger charge is 2.40. The second-order valence-corrected chi connectivity index (χ2v) is 12.3. The largest absolute Gasteiger partial charge is 0.483 e. The van der Waals surface area contributed by atoms with E-state index >= 15 is 0 Å². The molecular formula is C25H46O2S. The molecule has 1 aliphatic heterocycles. The summed E-state index contributed by atoms with van der Waals surface area (Å²) in [4.78, 5) is 11.3. The summed E-state index contributed by atoms with van der Waals surface area (Å²) in [6.07, 6.45) is 18.9. The van der Waals surface area contributed by atoms with Crippen LogP contribution in [0.3, 0.4) is 0 Å². The summed E-state index contributed by atoms with van der Waals surface area (Å²) in [6.45, 7) is 11.4. The molecule has 1 aliphatic rings. The second kappa shape index (κ2) is 13.8. The van der Waals surface area contributed by atoms with Crippen molar-refractivity contribution in [3.63, 3.8) is 0 Å². The molecule has 1 saturated heterocycles. The Balaban J connectivity index is 2.09. The molecule has 3 heteroatoms. The van der Waals surface area contributed by atoms with E-state index in [2.05, 4.69) is 40.6 Å². The van der Waals surface area contributed by atoms with Crippen molar-refractivity contribution in [3.8, 4) is 0 Å². The summed E-state index contributed by atoms with van der Waals surface area (Å²) in [6, 6.07) is 0. The van der Waals surface area contributed by atoms with Gasteiger partial charge in [-0.3, -0.25) is 0 Å². The SMILES string of the molecule is CCCCCCCCCCCCCCC(=C=O)OC1CC(C)(C)SC(C)(C)C1. The molecule has 28 heavy (non-hydrogen) atoms. The van der Waals surface area contributed by atoms with E-state index in [1.54, 1.807) is 0 Å². The molecule has 1 fully saturated rings. The average Bonchev–Trinajstić information content (AvgIpc) is 2.59. The molecule has 0 amide bonds. The summed E-state index contributed by atoms with van der Waals surface area (Å²) in [5.41, 5.74) is 0. The monoisotopic (exact) mass is 410 g/mol. The quantitative estimate of drug-likeness (QED) is 0.154. The van der Waals surface area contributed by atoms with Crippen LogP contribution in [0.1, 0.15) is 131 Å². The molecule has 0 radical (unpaired) electrons. The lowest BCUT2D eigenvalue weighted by Gasteiger charge is -2.44. The Morgan fingerprint density at radius 1 is 0.821 bits per heavy atom. The number of ether oxygens (including phenoxy) is 1. The summed E-state index contributed by atoms with van der Waals surface area (Å²) in [5.74, 6) is 2.63. The molecule has 0 saturated carbocycles. The fourth-order valence-electron chi connectivity index (χ4n) is 4.55. The standard InChI is InChI=1S/C25H46O2S/c1-6-7-8-9-10-11-12-13-14-15-16-17-18-22(21-26)27-23-19-24(2,3)28-25(4,5)20-23/h23H,6-20H2,1-5H3. The first-order valence-corrected chi connectivity index (χ1v) is 12.7. The topological polar surface area (TPSA) is 26.3 Å². The molecule has 0 aliphatic carbocycles. The number of carbonyl (C=O) groups excluding carboxylic acids is 1. The van der Waals surface area contributed by atoms with E-state index in [-0.39, 0.29) is 15.6 Å². The third kappa shape index (κ3) is 12.2. The fraction of sp³-hybridized carbons (Fsp3) is 0.920. The average molecular weight is 411 g/mol. The minimum Gasteiger partial charge on any atom is -0.483 e. The van der Waals surface area contributed by atoms with Gasteiger partial charge in [0.15, 0.2) is 11.7 Å². The van der Waals surface area contributed by atoms with Gasteiger partial charge in [0, 0.05) is 15.9 Å². The number of rotatable bonds is 15. The highest BCUT2D eigenvalue weighted by molar-refractivity contribution is 8.01. The molecule has 1 rings (SSSR count). The Kier molecular flexibility index (Phi) is 12.6. The molecule has 0 unspecified atom stereocenters. The van der Waals surface area contributed by atoms with Gasteiger partial charge in [0.25, 0.3) is 0 Å². The van der Waals surface area contributed by atoms with Crippen molar-refractivity contribution in [2.45, 2.75) is 147 Å². The molecule has 2 nitrogen and oxygen atoms in total. The summed E-state index contributed by atoms with van der Waals surface area (Å²) in [7, 11) is 0. The third-order valence-electron chi connectivity index (χ3n) is 5.67. The number of hydrogen-bond donors (Lipinski definition) is 0. The van der Waals surface area contributed by atoms with E-state index in [0.717, 1.165) is 25.7 Å². The van der Waals surface area contributed by atoms with Gasteiger partial charge < -0.3 is 4.74 Å². The molecular weight excluding hydrogens is 364 g/mol. The van der Waals surface area contributed by atoms with Gasteiger partial charge in [-0.05, 0) is 19.3 Å². The Bertz CT molecular complexity index is 447. The smallest absolute Gasteiger partial charge is 0.179 e. The Labute approximate surface area is 179 Å². The van der Waals surface area contributed by atoms with Crippen molar-refractivity contribution in [1.82, 2.24) is 0 Å². The van der Waals surface area contributed by atoms with Crippen LogP contribution in [-0.2, 0) is 9.53 Å². The number of hydrogen-bond acceptors (Lipinski definition) is 3. The van der Waals surface area contributed by atoms with Gasteiger partial charge >= 0.3 is 0 Å². The number of allylic oxidation sites excluding steroid dienone is 1. The fourth-order valence-corrected chi connectivity index (χ4v) is 6.58. The van der Waals surface area contributed by atoms with Crippen LogP contribution in [0.15, 0.2) is 5.76 Å². The van der Waals surface area contributed by atoms with E-state index in [4.69, 9.17) is 4.74 Å². The van der Waals surface area contributed by atoms with Crippen molar-refractivity contribution in [1.29, 1.82) is 0 Å². The molecule has 0 aromatic heterocycles. The summed E-state index contributed by atoms with van der Waals surface area (Å²) >= 11 is 2.03. The number of unbranched alkanes of at least 4 members (excludes halogenated alkanes) is 11. The first-order valence-electron chi connectivity index (χ1n) is 11.9. The van der Waals surface area contributed by atoms with Crippen LogP contribution in [0, 0.1) is 0 Å². The van der Waals surface area contributed by atoms with E-state index < -0.39 is 0 Å². The van der Waals surface area contributed by atoms with Gasteiger partial charge in [0.2, 0.25) is 0 Å². The zero-order valence-electron chi connectivity index (χ0n) is 19.4. The zero-order chi connectivity index (χ0) is 20.9. The van der Waals surface area contributed by atoms with Crippen molar-refractivity contribution >= 4 is 17.7 Å². The summed E-state index contributed by atoms with van der Waals surface area (Å²) < 4.78 is 6.50. The maximum absolute atomic E-state index is 11.3. The van der Waals surface area contributed by atoms with Crippen LogP contribution in [0.25, 0.3) is 0 Å². The first-order chi connectivity index (χ1) is 13.3. The van der Waals surface area contributed by atoms with Crippen LogP contribution in [-0.4, -0.2) is 21.5 Å². The normalized spacial score (nSPS) is 18.6. The van der Waals surface area contributed by atoms with Gasteiger partial charge in [-0.15, -0.1) is 11.8 Å². The lowest BCUT2D eigenvalue weighted by molar-refractivity contribution is 0.0770. The highest BCUT2D eigenvalue weighted by atomic mass is 32.2. The Morgan fingerprint density at radius 2 is 1.25 bits per heavy atom. The van der Waals surface area contributed by atoms with Gasteiger partial charge in [0.05, 0.1) is 0 Å². The molecule has 0 aromatic carbocycles. The van der Waals surface area contributed by atoms with Gasteiger partial charge in [-0.1, -0.05) is 105 Å². The highest BCUT2D eigenvalue weighted by Crippen LogP contribution is 2.48. The van der Waals surface area contributed by atoms with Crippen molar-refractivity contribution < 1.29 is 9.53 Å². The summed E-state index contributed by atoms with van der Waals surface area (Å²) in [5, 5.41) is 0. The predicted octanol–water partition coefficient (Wildman–Crippen LogP) is 8.26. The molecule has 1 heterocycles. The Morgan fingerprint density at radius 3 is 1.68 bits per heavy atom. The van der Waals surface area contributed by atoms with Crippen molar-refractivity contribution in [2.75, 3.05) is 0 Å². The molecule has 0 spiro atoms. The van der Waals surface area contributed by atoms with Crippen LogP contribution in [0.5, 0.6) is 0 Å². The van der Waals surface area contributed by atoms with Gasteiger partial charge in [0.1, 0.15) is 6.10 Å². The lowest BCUT2D eigenvalue weighted by Crippen LogP contribution is -2.40. The van der Waals surface area contributed by atoms with Crippen LogP contribution in [0.4, 0.5) is 0 Å². The van der Waals surface area contributed by atoms with Crippen LogP contribution in [0.2, 0.25) is 0 Å². The van der Waals surface area contributed by atoms with E-state index in [9.17, 15) is 4.79 Å². The predicted molar refractivity (Wildman–Crippen MR) is 125 cm³/mol. The van der Waals surface area contributed by atoms with Crippen LogP contribution >= 0.6 is 11.8 Å². The van der Waals surface area contributed by atoms with Crippen molar-refractivity contribution in [2.24, 2.45) is 0 Å². The van der Waals surface area contributed by atoms with E-state index in [1.165, 1.54) is 70.6 Å². The second-order valence-electron chi connectivity index (χ2n) is 9.93. The lowest BCUT2D eigenvalue weighted by atomic mass is 9.95. The first kappa shape index (κ1) is 25.6. The van der Waals surface area contributed by atoms with Crippen LogP contribution < -0.4 is 0 Å². The maximum atomic E-state index is 11.3. The van der Waals surface area contributed by atoms with Crippen molar-refractivity contribution in [3.05, 3.63) is 5.76 Å². The third-order valence-corrected chi connectivity index (χ3v) is 7.11. The minimum absolute atomic E-state index is 0.153. The van der Waals surface area contributed by atoms with Gasteiger partial charge in [-0.25, -0.2) is 4.79 Å². The molecule has 164 valence electrons. The zero-order valence-corrected chi connectivity index (χ0v) is 20.2. The minimum atomic E-state index is 0.153. The van der Waals surface area contributed by atoms with E-state index in [1.807, 2.05) is 11.8 Å².